The van der Waals surface area contributed by atoms with Gasteiger partial charge in [-0.05, 0) is 39.5 Å². The van der Waals surface area contributed by atoms with Gasteiger partial charge in [-0.25, -0.2) is 4.79 Å². The van der Waals surface area contributed by atoms with Crippen molar-refractivity contribution in [1.82, 2.24) is 15.1 Å². The minimum absolute atomic E-state index is 0.0390. The van der Waals surface area contributed by atoms with E-state index in [4.69, 9.17) is 0 Å². The Morgan fingerprint density at radius 3 is 2.62 bits per heavy atom. The van der Waals surface area contributed by atoms with E-state index in [0.717, 1.165) is 31.6 Å². The minimum atomic E-state index is -0.222. The van der Waals surface area contributed by atoms with E-state index in [2.05, 4.69) is 70.9 Å². The number of aliphatic hydroxyl groups excluding tert-OH is 1. The molecule has 2 amide bonds. The second-order valence-corrected chi connectivity index (χ2v) is 8.74. The standard InChI is InChI=1S/C27H29N3O2/c31-24-13-14-29(19-24)17-22-8-2-1-7-21(22)16-28-27(32)30-15-12-23(18-30)26-11-5-9-20-6-3-4-10-25(20)26/h1-12,24,31H,13-19H2,(H,28,32). The van der Waals surface area contributed by atoms with Gasteiger partial charge in [-0.15, -0.1) is 0 Å². The van der Waals surface area contributed by atoms with Gasteiger partial charge in [0.2, 0.25) is 0 Å². The Kier molecular flexibility index (Phi) is 5.93. The zero-order valence-corrected chi connectivity index (χ0v) is 18.2. The lowest BCUT2D eigenvalue weighted by Crippen LogP contribution is -2.38. The van der Waals surface area contributed by atoms with Gasteiger partial charge >= 0.3 is 6.03 Å². The Morgan fingerprint density at radius 1 is 1.00 bits per heavy atom. The average molecular weight is 428 g/mol. The Labute approximate surface area is 189 Å². The summed E-state index contributed by atoms with van der Waals surface area (Å²) >= 11 is 0. The number of fused-ring (bicyclic) bond motifs is 1. The van der Waals surface area contributed by atoms with Crippen LogP contribution in [0.1, 0.15) is 23.1 Å². The van der Waals surface area contributed by atoms with Gasteiger partial charge in [0.05, 0.1) is 6.10 Å². The number of amides is 2. The van der Waals surface area contributed by atoms with E-state index in [1.165, 1.54) is 27.5 Å². The molecule has 1 fully saturated rings. The van der Waals surface area contributed by atoms with Crippen molar-refractivity contribution in [2.24, 2.45) is 0 Å². The third kappa shape index (κ3) is 4.40. The second-order valence-electron chi connectivity index (χ2n) is 8.74. The summed E-state index contributed by atoms with van der Waals surface area (Å²) in [6.07, 6.45) is 2.77. The lowest BCUT2D eigenvalue weighted by molar-refractivity contribution is 0.174. The fourth-order valence-corrected chi connectivity index (χ4v) is 4.77. The van der Waals surface area contributed by atoms with Crippen LogP contribution in [-0.4, -0.2) is 53.2 Å². The van der Waals surface area contributed by atoms with Gasteiger partial charge in [0.25, 0.3) is 0 Å². The summed E-state index contributed by atoms with van der Waals surface area (Å²) in [6.45, 7) is 4.19. The van der Waals surface area contributed by atoms with Crippen LogP contribution in [-0.2, 0) is 13.1 Å². The van der Waals surface area contributed by atoms with E-state index in [-0.39, 0.29) is 12.1 Å². The van der Waals surface area contributed by atoms with Crippen LogP contribution in [0.4, 0.5) is 4.79 Å². The predicted octanol–water partition coefficient (Wildman–Crippen LogP) is 4.02. The maximum absolute atomic E-state index is 12.9. The monoisotopic (exact) mass is 427 g/mol. The molecule has 2 heterocycles. The molecule has 5 rings (SSSR count). The lowest BCUT2D eigenvalue weighted by Gasteiger charge is -2.20. The average Bonchev–Trinajstić information content (AvgIpc) is 3.47. The van der Waals surface area contributed by atoms with Crippen LogP contribution >= 0.6 is 0 Å². The number of likely N-dealkylation sites (tertiary alicyclic amines) is 1. The zero-order chi connectivity index (χ0) is 21.9. The fraction of sp³-hybridized carbons (Fsp3) is 0.296. The topological polar surface area (TPSA) is 55.8 Å². The zero-order valence-electron chi connectivity index (χ0n) is 18.2. The number of nitrogens with zero attached hydrogens (tertiary/aromatic N) is 2. The van der Waals surface area contributed by atoms with Gasteiger partial charge in [0.1, 0.15) is 0 Å². The van der Waals surface area contributed by atoms with Crippen molar-refractivity contribution in [2.75, 3.05) is 26.2 Å². The van der Waals surface area contributed by atoms with Crippen molar-refractivity contribution in [3.63, 3.8) is 0 Å². The number of rotatable bonds is 5. The van der Waals surface area contributed by atoms with Crippen LogP contribution in [0.15, 0.2) is 72.8 Å². The van der Waals surface area contributed by atoms with Crippen molar-refractivity contribution in [1.29, 1.82) is 0 Å². The summed E-state index contributed by atoms with van der Waals surface area (Å²) in [5, 5.41) is 15.4. The molecule has 1 saturated heterocycles. The van der Waals surface area contributed by atoms with Crippen LogP contribution in [0.2, 0.25) is 0 Å². The third-order valence-corrected chi connectivity index (χ3v) is 6.53. The maximum Gasteiger partial charge on any atom is 0.318 e. The van der Waals surface area contributed by atoms with Crippen molar-refractivity contribution in [3.05, 3.63) is 89.5 Å². The number of urea groups is 1. The molecule has 0 spiro atoms. The van der Waals surface area contributed by atoms with Crippen LogP contribution in [0.25, 0.3) is 16.3 Å². The largest absolute Gasteiger partial charge is 0.392 e. The number of aliphatic hydroxyl groups is 1. The number of nitrogens with one attached hydrogen (secondary N) is 1. The van der Waals surface area contributed by atoms with Crippen molar-refractivity contribution in [3.8, 4) is 0 Å². The van der Waals surface area contributed by atoms with E-state index >= 15 is 0 Å². The predicted molar refractivity (Wildman–Crippen MR) is 128 cm³/mol. The Hall–Kier alpha value is -3.15. The summed E-state index contributed by atoms with van der Waals surface area (Å²) in [6, 6.07) is 22.9. The quantitative estimate of drug-likeness (QED) is 0.647. The van der Waals surface area contributed by atoms with Crippen LogP contribution in [0.5, 0.6) is 0 Å². The van der Waals surface area contributed by atoms with Gasteiger partial charge in [0, 0.05) is 39.3 Å². The highest BCUT2D eigenvalue weighted by atomic mass is 16.3. The molecule has 0 aromatic heterocycles. The van der Waals surface area contributed by atoms with Gasteiger partial charge in [-0.2, -0.15) is 0 Å². The molecule has 3 aromatic rings. The van der Waals surface area contributed by atoms with Gasteiger partial charge in [-0.3, -0.25) is 4.90 Å². The molecule has 3 aromatic carbocycles. The van der Waals surface area contributed by atoms with Crippen molar-refractivity contribution >= 4 is 22.4 Å². The molecule has 1 unspecified atom stereocenters. The molecular weight excluding hydrogens is 398 g/mol. The first-order valence-electron chi connectivity index (χ1n) is 11.3. The Morgan fingerprint density at radius 2 is 1.78 bits per heavy atom. The summed E-state index contributed by atoms with van der Waals surface area (Å²) in [5.41, 5.74) is 4.74. The number of benzene rings is 3. The highest BCUT2D eigenvalue weighted by Gasteiger charge is 2.23. The molecule has 5 nitrogen and oxygen atoms in total. The first-order chi connectivity index (χ1) is 15.7. The normalized spacial score (nSPS) is 18.8. The maximum atomic E-state index is 12.9. The molecule has 1 atom stereocenters. The molecule has 0 aliphatic carbocycles. The third-order valence-electron chi connectivity index (χ3n) is 6.53. The van der Waals surface area contributed by atoms with Gasteiger partial charge in [-0.1, -0.05) is 72.8 Å². The summed E-state index contributed by atoms with van der Waals surface area (Å²) in [5.74, 6) is 0. The van der Waals surface area contributed by atoms with Crippen LogP contribution in [0, 0.1) is 0 Å². The number of β-amino-alcohol motifs (C(OH)–C–C–N with tert-alkyl or cyclic N) is 1. The molecule has 2 aliphatic heterocycles. The van der Waals surface area contributed by atoms with Gasteiger partial charge < -0.3 is 15.3 Å². The van der Waals surface area contributed by atoms with Crippen LogP contribution in [0.3, 0.4) is 0 Å². The first kappa shape index (κ1) is 20.7. The number of hydrogen-bond donors (Lipinski definition) is 2. The van der Waals surface area contributed by atoms with Gasteiger partial charge in [0.15, 0.2) is 0 Å². The molecule has 164 valence electrons. The van der Waals surface area contributed by atoms with Crippen molar-refractivity contribution < 1.29 is 9.90 Å². The molecule has 32 heavy (non-hydrogen) atoms. The highest BCUT2D eigenvalue weighted by Crippen LogP contribution is 2.28. The van der Waals surface area contributed by atoms with Crippen molar-refractivity contribution in [2.45, 2.75) is 25.6 Å². The fourth-order valence-electron chi connectivity index (χ4n) is 4.77. The van der Waals surface area contributed by atoms with E-state index in [1.807, 2.05) is 17.0 Å². The Bertz CT molecular complexity index is 1150. The van der Waals surface area contributed by atoms with E-state index in [1.54, 1.807) is 0 Å². The van der Waals surface area contributed by atoms with E-state index in [0.29, 0.717) is 19.6 Å². The summed E-state index contributed by atoms with van der Waals surface area (Å²) in [7, 11) is 0. The van der Waals surface area contributed by atoms with Crippen LogP contribution < -0.4 is 5.32 Å². The summed E-state index contributed by atoms with van der Waals surface area (Å²) < 4.78 is 0. The number of carbonyl (C=O) groups excluding carboxylic acids is 1. The SMILES string of the molecule is O=C(NCc1ccccc1CN1CCC(O)C1)N1CC=C(c2cccc3ccccc23)C1. The van der Waals surface area contributed by atoms with E-state index in [9.17, 15) is 9.90 Å². The molecule has 5 heteroatoms. The molecule has 2 N–H and O–H groups in total. The number of carbonyl (C=O) groups is 1. The molecule has 2 aliphatic rings. The summed E-state index contributed by atoms with van der Waals surface area (Å²) in [4.78, 5) is 17.0. The van der Waals surface area contributed by atoms with E-state index < -0.39 is 0 Å². The highest BCUT2D eigenvalue weighted by molar-refractivity contribution is 5.95. The minimum Gasteiger partial charge on any atom is -0.392 e. The Balaban J connectivity index is 1.21. The lowest BCUT2D eigenvalue weighted by atomic mass is 9.99. The molecule has 0 bridgehead atoms. The molecular formula is C27H29N3O2. The second kappa shape index (κ2) is 9.15. The number of hydrogen-bond acceptors (Lipinski definition) is 3. The smallest absolute Gasteiger partial charge is 0.318 e. The molecule has 0 radical (unpaired) electrons. The first-order valence-corrected chi connectivity index (χ1v) is 11.3. The molecule has 0 saturated carbocycles.